The van der Waals surface area contributed by atoms with Gasteiger partial charge in [-0.05, 0) is 66.9 Å². The predicted octanol–water partition coefficient (Wildman–Crippen LogP) is 5.23. The molecular weight excluding hydrogens is 449 g/mol. The summed E-state index contributed by atoms with van der Waals surface area (Å²) < 4.78 is 41.2. The number of alkyl halides is 3. The minimum absolute atomic E-state index is 0.194. The van der Waals surface area contributed by atoms with Crippen LogP contribution in [0.4, 0.5) is 35.2 Å². The lowest BCUT2D eigenvalue weighted by Gasteiger charge is -2.21. The van der Waals surface area contributed by atoms with Gasteiger partial charge in [-0.15, -0.1) is 13.2 Å². The van der Waals surface area contributed by atoms with E-state index in [0.29, 0.717) is 18.7 Å². The predicted molar refractivity (Wildman–Crippen MR) is 117 cm³/mol. The second-order valence-electron chi connectivity index (χ2n) is 8.12. The molecule has 3 amide bonds. The summed E-state index contributed by atoms with van der Waals surface area (Å²) in [6.07, 6.45) is -2.14. The van der Waals surface area contributed by atoms with E-state index in [1.807, 2.05) is 36.4 Å². The van der Waals surface area contributed by atoms with Crippen molar-refractivity contribution in [1.29, 1.82) is 0 Å². The second kappa shape index (κ2) is 8.05. The Kier molecular flexibility index (Phi) is 5.15. The molecule has 3 aromatic rings. The average Bonchev–Trinajstić information content (AvgIpc) is 3.57. The molecule has 2 aromatic carbocycles. The minimum atomic E-state index is -4.82. The number of aromatic nitrogens is 1. The molecule has 0 bridgehead atoms. The van der Waals surface area contributed by atoms with E-state index in [1.54, 1.807) is 12.3 Å². The summed E-state index contributed by atoms with van der Waals surface area (Å²) in [6, 6.07) is 17.3. The third-order valence-electron chi connectivity index (χ3n) is 5.80. The number of benzene rings is 2. The van der Waals surface area contributed by atoms with Crippen LogP contribution in [0.1, 0.15) is 18.4 Å². The Balaban J connectivity index is 1.35. The Bertz CT molecular complexity index is 1230. The lowest BCUT2D eigenvalue weighted by atomic mass is 10.2. The van der Waals surface area contributed by atoms with Gasteiger partial charge in [0.05, 0.1) is 5.69 Å². The molecule has 2 fully saturated rings. The van der Waals surface area contributed by atoms with Crippen molar-refractivity contribution >= 4 is 29.1 Å². The fourth-order valence-electron chi connectivity index (χ4n) is 4.05. The first-order valence-electron chi connectivity index (χ1n) is 10.5. The van der Waals surface area contributed by atoms with Crippen molar-refractivity contribution in [3.63, 3.8) is 0 Å². The van der Waals surface area contributed by atoms with E-state index < -0.39 is 23.7 Å². The third-order valence-corrected chi connectivity index (χ3v) is 5.80. The van der Waals surface area contributed by atoms with Crippen LogP contribution in [0, 0.1) is 0 Å². The molecule has 1 aliphatic heterocycles. The monoisotopic (exact) mass is 468 g/mol. The van der Waals surface area contributed by atoms with Crippen LogP contribution in [-0.2, 0) is 11.3 Å². The largest absolute Gasteiger partial charge is 0.573 e. The molecule has 1 saturated heterocycles. The molecule has 0 radical (unpaired) electrons. The number of nitrogens with zero attached hydrogens (tertiary/aromatic N) is 3. The standard InChI is InChI=1S/C24H19F3N4O3/c25-24(26,27)34-19-8-6-18(7-9-19)31-21(32)23(11-12-23)30(22(31)33)15-16-10-13-28-20(14-16)29-17-4-2-1-3-5-17/h1-10,13-14H,11-12,15H2,(H,28,29). The highest BCUT2D eigenvalue weighted by molar-refractivity contribution is 6.24. The number of pyridine rings is 1. The van der Waals surface area contributed by atoms with Gasteiger partial charge in [-0.2, -0.15) is 0 Å². The van der Waals surface area contributed by atoms with Crippen molar-refractivity contribution in [3.05, 3.63) is 78.5 Å². The second-order valence-corrected chi connectivity index (χ2v) is 8.12. The number of urea groups is 1. The minimum Gasteiger partial charge on any atom is -0.406 e. The fraction of sp³-hybridized carbons (Fsp3) is 0.208. The molecule has 2 aliphatic rings. The zero-order valence-corrected chi connectivity index (χ0v) is 17.7. The molecule has 10 heteroatoms. The summed E-state index contributed by atoms with van der Waals surface area (Å²) in [4.78, 5) is 33.3. The zero-order valence-electron chi connectivity index (χ0n) is 17.7. The van der Waals surface area contributed by atoms with Gasteiger partial charge in [0, 0.05) is 18.4 Å². The van der Waals surface area contributed by atoms with E-state index in [1.165, 1.54) is 17.0 Å². The number of ether oxygens (including phenoxy) is 1. The molecule has 1 saturated carbocycles. The number of nitrogens with one attached hydrogen (secondary N) is 1. The van der Waals surface area contributed by atoms with Crippen LogP contribution >= 0.6 is 0 Å². The topological polar surface area (TPSA) is 74.8 Å². The highest BCUT2D eigenvalue weighted by Gasteiger charge is 2.65. The van der Waals surface area contributed by atoms with Gasteiger partial charge in [-0.25, -0.2) is 14.7 Å². The Morgan fingerprint density at radius 3 is 2.35 bits per heavy atom. The summed E-state index contributed by atoms with van der Waals surface area (Å²) in [5, 5.41) is 3.20. The molecule has 1 aliphatic carbocycles. The number of carbonyl (C=O) groups excluding carboxylic acids is 2. The van der Waals surface area contributed by atoms with Crippen LogP contribution in [0.5, 0.6) is 5.75 Å². The normalized spacial score (nSPS) is 16.8. The van der Waals surface area contributed by atoms with Gasteiger partial charge in [-0.3, -0.25) is 4.79 Å². The molecule has 174 valence electrons. The number of para-hydroxylation sites is 1. The van der Waals surface area contributed by atoms with Crippen molar-refractivity contribution in [2.75, 3.05) is 10.2 Å². The first-order chi connectivity index (χ1) is 16.2. The van der Waals surface area contributed by atoms with Crippen LogP contribution in [0.3, 0.4) is 0 Å². The SMILES string of the molecule is O=C1N(c2ccc(OC(F)(F)F)cc2)C(=O)C2(CC2)N1Cc1ccnc(Nc2ccccc2)c1. The van der Waals surface area contributed by atoms with Crippen molar-refractivity contribution < 1.29 is 27.5 Å². The van der Waals surface area contributed by atoms with E-state index in [2.05, 4.69) is 15.0 Å². The summed E-state index contributed by atoms with van der Waals surface area (Å²) in [5.41, 5.74) is 0.924. The maximum Gasteiger partial charge on any atom is 0.573 e. The first-order valence-corrected chi connectivity index (χ1v) is 10.5. The van der Waals surface area contributed by atoms with E-state index in [0.717, 1.165) is 28.3 Å². The summed E-state index contributed by atoms with van der Waals surface area (Å²) in [5.74, 6) is -0.203. The van der Waals surface area contributed by atoms with Crippen LogP contribution in [-0.4, -0.2) is 33.7 Å². The molecule has 7 nitrogen and oxygen atoms in total. The van der Waals surface area contributed by atoms with Gasteiger partial charge in [0.15, 0.2) is 0 Å². The van der Waals surface area contributed by atoms with Gasteiger partial charge < -0.3 is 15.0 Å². The van der Waals surface area contributed by atoms with E-state index >= 15 is 0 Å². The van der Waals surface area contributed by atoms with E-state index in [-0.39, 0.29) is 18.1 Å². The van der Waals surface area contributed by atoms with Gasteiger partial charge in [-0.1, -0.05) is 18.2 Å². The van der Waals surface area contributed by atoms with E-state index in [9.17, 15) is 22.8 Å². The molecular formula is C24H19F3N4O3. The summed E-state index contributed by atoms with van der Waals surface area (Å²) >= 11 is 0. The Morgan fingerprint density at radius 1 is 1.00 bits per heavy atom. The summed E-state index contributed by atoms with van der Waals surface area (Å²) in [7, 11) is 0. The highest BCUT2D eigenvalue weighted by atomic mass is 19.4. The third kappa shape index (κ3) is 4.14. The number of carbonyl (C=O) groups is 2. The fourth-order valence-corrected chi connectivity index (χ4v) is 4.05. The van der Waals surface area contributed by atoms with Gasteiger partial charge in [0.25, 0.3) is 5.91 Å². The Hall–Kier alpha value is -4.08. The molecule has 2 heterocycles. The quantitative estimate of drug-likeness (QED) is 0.502. The van der Waals surface area contributed by atoms with Gasteiger partial charge in [0.2, 0.25) is 0 Å². The zero-order chi connectivity index (χ0) is 23.9. The average molecular weight is 468 g/mol. The number of rotatable bonds is 6. The maximum atomic E-state index is 13.3. The van der Waals surface area contributed by atoms with Crippen LogP contribution in [0.25, 0.3) is 0 Å². The van der Waals surface area contributed by atoms with Crippen LogP contribution in [0.2, 0.25) is 0 Å². The number of amides is 3. The molecule has 0 unspecified atom stereocenters. The smallest absolute Gasteiger partial charge is 0.406 e. The number of imide groups is 1. The summed E-state index contributed by atoms with van der Waals surface area (Å²) in [6.45, 7) is 0.197. The lowest BCUT2D eigenvalue weighted by molar-refractivity contribution is -0.274. The number of hydrogen-bond acceptors (Lipinski definition) is 5. The van der Waals surface area contributed by atoms with Crippen LogP contribution < -0.4 is 15.0 Å². The van der Waals surface area contributed by atoms with Crippen molar-refractivity contribution in [2.24, 2.45) is 0 Å². The van der Waals surface area contributed by atoms with Crippen molar-refractivity contribution in [2.45, 2.75) is 31.3 Å². The lowest BCUT2D eigenvalue weighted by Crippen LogP contribution is -2.36. The maximum absolute atomic E-state index is 13.3. The highest BCUT2D eigenvalue weighted by Crippen LogP contribution is 2.49. The molecule has 5 rings (SSSR count). The molecule has 0 atom stereocenters. The van der Waals surface area contributed by atoms with Crippen molar-refractivity contribution in [1.82, 2.24) is 9.88 Å². The number of halogens is 3. The molecule has 1 N–H and O–H groups in total. The van der Waals surface area contributed by atoms with Gasteiger partial charge >= 0.3 is 12.4 Å². The van der Waals surface area contributed by atoms with Crippen molar-refractivity contribution in [3.8, 4) is 5.75 Å². The molecule has 1 spiro atoms. The molecule has 34 heavy (non-hydrogen) atoms. The Labute approximate surface area is 192 Å². The van der Waals surface area contributed by atoms with Crippen LogP contribution in [0.15, 0.2) is 72.9 Å². The number of hydrogen-bond donors (Lipinski definition) is 1. The molecule has 1 aromatic heterocycles. The van der Waals surface area contributed by atoms with Gasteiger partial charge in [0.1, 0.15) is 17.1 Å². The first kappa shape index (κ1) is 21.7. The van der Waals surface area contributed by atoms with E-state index in [4.69, 9.17) is 0 Å². The number of anilines is 3. The Morgan fingerprint density at radius 2 is 1.71 bits per heavy atom.